The number of aryl methyl sites for hydroxylation is 1. The fraction of sp³-hybridized carbons (Fsp3) is 0.500. The van der Waals surface area contributed by atoms with E-state index in [2.05, 4.69) is 24.4 Å². The van der Waals surface area contributed by atoms with Crippen molar-refractivity contribution >= 4 is 29.1 Å². The maximum atomic E-state index is 12.9. The Balaban J connectivity index is 1.23. The van der Waals surface area contributed by atoms with E-state index in [-0.39, 0.29) is 11.3 Å². The lowest BCUT2D eigenvalue weighted by Crippen LogP contribution is -2.37. The topological polar surface area (TPSA) is 90.2 Å². The van der Waals surface area contributed by atoms with Gasteiger partial charge in [0.05, 0.1) is 13.2 Å². The Labute approximate surface area is 245 Å². The molecule has 0 aliphatic carbocycles. The number of ketones is 1. The molecule has 0 amide bonds. The summed E-state index contributed by atoms with van der Waals surface area (Å²) in [6.45, 7) is 5.34. The molecule has 1 fully saturated rings. The molecule has 0 bridgehead atoms. The smallest absolute Gasteiger partial charge is 0.277 e. The zero-order valence-electron chi connectivity index (χ0n) is 23.0. The highest BCUT2D eigenvalue weighted by Gasteiger charge is 2.13. The van der Waals surface area contributed by atoms with E-state index in [4.69, 9.17) is 16.3 Å². The molecule has 0 N–H and O–H groups in total. The Bertz CT molecular complexity index is 1250. The van der Waals surface area contributed by atoms with Crippen molar-refractivity contribution in [2.45, 2.75) is 63.1 Å². The first-order chi connectivity index (χ1) is 19.6. The van der Waals surface area contributed by atoms with Gasteiger partial charge in [0.2, 0.25) is 0 Å². The summed E-state index contributed by atoms with van der Waals surface area (Å²) in [6.07, 6.45) is 14.1. The van der Waals surface area contributed by atoms with Crippen LogP contribution in [0.2, 0.25) is 5.02 Å². The number of halogens is 1. The van der Waals surface area contributed by atoms with Gasteiger partial charge in [0.1, 0.15) is 6.33 Å². The molecule has 0 spiro atoms. The molecular formula is C30H38ClN5O3S. The Morgan fingerprint density at radius 2 is 1.68 bits per heavy atom. The standard InChI is InChI=1S/C30H38ClN5O3S/c31-27-10-8-25(9-11-27)28(37)7-4-2-1-3-5-18-40-30-34-29(38)26(19-24-20-32-23-33-21-24)22-36(30)13-6-12-35-14-16-39-17-15-35/h8-11,20-23H,1-7,12-19H2. The number of morpholine rings is 1. The SMILES string of the molecule is O=C(CCCCCCCSc1nc(=O)c(Cc2cncnc2)cn1CCCN1CCOCC1)c1ccc(Cl)cc1. The third-order valence-corrected chi connectivity index (χ3v) is 8.29. The Morgan fingerprint density at radius 1 is 0.950 bits per heavy atom. The van der Waals surface area contributed by atoms with E-state index in [1.807, 2.05) is 6.20 Å². The molecular weight excluding hydrogens is 546 g/mol. The number of carbonyl (C=O) groups is 1. The monoisotopic (exact) mass is 583 g/mol. The molecule has 0 unspecified atom stereocenters. The highest BCUT2D eigenvalue weighted by atomic mass is 35.5. The Hall–Kier alpha value is -2.59. The van der Waals surface area contributed by atoms with Gasteiger partial charge in [-0.3, -0.25) is 14.5 Å². The van der Waals surface area contributed by atoms with Crippen molar-refractivity contribution in [3.8, 4) is 0 Å². The minimum absolute atomic E-state index is 0.174. The largest absolute Gasteiger partial charge is 0.379 e. The van der Waals surface area contributed by atoms with Crippen LogP contribution in [0.25, 0.3) is 0 Å². The molecule has 0 radical (unpaired) electrons. The van der Waals surface area contributed by atoms with Crippen LogP contribution in [-0.4, -0.2) is 68.8 Å². The van der Waals surface area contributed by atoms with Gasteiger partial charge in [-0.2, -0.15) is 4.98 Å². The summed E-state index contributed by atoms with van der Waals surface area (Å²) >= 11 is 7.56. The fourth-order valence-electron chi connectivity index (χ4n) is 4.71. The summed E-state index contributed by atoms with van der Waals surface area (Å²) < 4.78 is 7.61. The van der Waals surface area contributed by atoms with Gasteiger partial charge in [0.15, 0.2) is 10.9 Å². The molecule has 8 nitrogen and oxygen atoms in total. The van der Waals surface area contributed by atoms with Crippen molar-refractivity contribution in [2.75, 3.05) is 38.6 Å². The second-order valence-electron chi connectivity index (χ2n) is 10.1. The van der Waals surface area contributed by atoms with Crippen LogP contribution in [0, 0.1) is 0 Å². The highest BCUT2D eigenvalue weighted by Crippen LogP contribution is 2.19. The number of benzene rings is 1. The predicted molar refractivity (Wildman–Crippen MR) is 159 cm³/mol. The molecule has 0 saturated carbocycles. The summed E-state index contributed by atoms with van der Waals surface area (Å²) in [5.74, 6) is 1.08. The van der Waals surface area contributed by atoms with Gasteiger partial charge in [-0.25, -0.2) is 9.97 Å². The quantitative estimate of drug-likeness (QED) is 0.0969. The van der Waals surface area contributed by atoms with E-state index in [0.29, 0.717) is 23.4 Å². The van der Waals surface area contributed by atoms with Gasteiger partial charge in [0, 0.05) is 79.5 Å². The number of Topliss-reactive ketones (excluding diaryl/α,β-unsaturated/α-hetero) is 1. The van der Waals surface area contributed by atoms with Crippen LogP contribution in [0.3, 0.4) is 0 Å². The molecule has 2 aromatic heterocycles. The van der Waals surface area contributed by atoms with E-state index in [9.17, 15) is 9.59 Å². The van der Waals surface area contributed by atoms with Gasteiger partial charge in [-0.1, -0.05) is 42.6 Å². The second kappa shape index (κ2) is 16.6. The van der Waals surface area contributed by atoms with Crippen molar-refractivity contribution < 1.29 is 9.53 Å². The van der Waals surface area contributed by atoms with Crippen molar-refractivity contribution in [3.63, 3.8) is 0 Å². The minimum Gasteiger partial charge on any atom is -0.379 e. The number of nitrogens with zero attached hydrogens (tertiary/aromatic N) is 5. The number of carbonyl (C=O) groups excluding carboxylic acids is 1. The molecule has 10 heteroatoms. The molecule has 0 atom stereocenters. The van der Waals surface area contributed by atoms with Crippen LogP contribution in [0.5, 0.6) is 0 Å². The summed E-state index contributed by atoms with van der Waals surface area (Å²) in [4.78, 5) is 40.2. The molecule has 1 saturated heterocycles. The van der Waals surface area contributed by atoms with Crippen LogP contribution < -0.4 is 5.56 Å². The number of rotatable bonds is 16. The molecule has 1 aliphatic rings. The van der Waals surface area contributed by atoms with E-state index >= 15 is 0 Å². The average molecular weight is 584 g/mol. The van der Waals surface area contributed by atoms with Crippen LogP contribution in [0.4, 0.5) is 0 Å². The Morgan fingerprint density at radius 3 is 2.45 bits per heavy atom. The molecule has 1 aliphatic heterocycles. The third kappa shape index (κ3) is 10.1. The van der Waals surface area contributed by atoms with Crippen molar-refractivity contribution in [1.82, 2.24) is 24.4 Å². The lowest BCUT2D eigenvalue weighted by atomic mass is 10.0. The first-order valence-electron chi connectivity index (χ1n) is 14.1. The van der Waals surface area contributed by atoms with Gasteiger partial charge < -0.3 is 9.30 Å². The summed E-state index contributed by atoms with van der Waals surface area (Å²) in [6, 6.07) is 7.11. The van der Waals surface area contributed by atoms with Crippen LogP contribution in [0.15, 0.2) is 59.1 Å². The van der Waals surface area contributed by atoms with Crippen LogP contribution >= 0.6 is 23.4 Å². The van der Waals surface area contributed by atoms with Crippen molar-refractivity contribution in [1.29, 1.82) is 0 Å². The number of thioether (sulfide) groups is 1. The van der Waals surface area contributed by atoms with Crippen LogP contribution in [0.1, 0.15) is 66.4 Å². The maximum absolute atomic E-state index is 12.9. The van der Waals surface area contributed by atoms with E-state index in [1.165, 1.54) is 6.33 Å². The number of hydrogen-bond donors (Lipinski definition) is 0. The lowest BCUT2D eigenvalue weighted by Gasteiger charge is -2.26. The lowest BCUT2D eigenvalue weighted by molar-refractivity contribution is 0.0368. The second-order valence-corrected chi connectivity index (χ2v) is 11.6. The van der Waals surface area contributed by atoms with Gasteiger partial charge >= 0.3 is 0 Å². The number of hydrogen-bond acceptors (Lipinski definition) is 8. The first-order valence-corrected chi connectivity index (χ1v) is 15.5. The highest BCUT2D eigenvalue weighted by molar-refractivity contribution is 7.99. The zero-order valence-corrected chi connectivity index (χ0v) is 24.5. The first kappa shape index (κ1) is 30.4. The van der Waals surface area contributed by atoms with Gasteiger partial charge in [0.25, 0.3) is 5.56 Å². The maximum Gasteiger partial charge on any atom is 0.277 e. The molecule has 40 heavy (non-hydrogen) atoms. The van der Waals surface area contributed by atoms with Crippen molar-refractivity contribution in [2.24, 2.45) is 0 Å². The molecule has 1 aromatic carbocycles. The van der Waals surface area contributed by atoms with Gasteiger partial charge in [-0.05, 0) is 49.1 Å². The summed E-state index contributed by atoms with van der Waals surface area (Å²) in [5.41, 5.74) is 2.11. The van der Waals surface area contributed by atoms with Crippen molar-refractivity contribution in [3.05, 3.63) is 81.3 Å². The normalized spacial score (nSPS) is 13.9. The molecule has 3 aromatic rings. The molecule has 214 valence electrons. The number of ether oxygens (including phenoxy) is 1. The fourth-order valence-corrected chi connectivity index (χ4v) is 5.82. The number of unbranched alkanes of at least 4 members (excludes halogenated alkanes) is 4. The third-order valence-electron chi connectivity index (χ3n) is 6.96. The van der Waals surface area contributed by atoms with E-state index in [0.717, 1.165) is 100.0 Å². The summed E-state index contributed by atoms with van der Waals surface area (Å²) in [7, 11) is 0. The van der Waals surface area contributed by atoms with E-state index in [1.54, 1.807) is 48.4 Å². The molecule has 4 rings (SSSR count). The number of aromatic nitrogens is 4. The molecule has 3 heterocycles. The van der Waals surface area contributed by atoms with Gasteiger partial charge in [-0.15, -0.1) is 0 Å². The average Bonchev–Trinajstić information content (AvgIpc) is 2.97. The van der Waals surface area contributed by atoms with Crippen LogP contribution in [-0.2, 0) is 17.7 Å². The van der Waals surface area contributed by atoms with E-state index < -0.39 is 0 Å². The Kier molecular flexibility index (Phi) is 12.6. The summed E-state index contributed by atoms with van der Waals surface area (Å²) in [5, 5.41) is 1.43. The predicted octanol–water partition coefficient (Wildman–Crippen LogP) is 5.32. The zero-order chi connectivity index (χ0) is 28.0. The minimum atomic E-state index is -0.180.